The molecule has 0 aliphatic heterocycles. The van der Waals surface area contributed by atoms with E-state index in [0.717, 1.165) is 6.07 Å². The largest absolute Gasteiger partial charge is 0.364 e. The number of amides is 1. The van der Waals surface area contributed by atoms with E-state index in [1.807, 2.05) is 0 Å². The van der Waals surface area contributed by atoms with E-state index in [1.165, 1.54) is 0 Å². The first kappa shape index (κ1) is 10.8. The number of aromatic nitrogens is 1. The number of hydrogen-bond donors (Lipinski definition) is 1. The Morgan fingerprint density at radius 2 is 2.14 bits per heavy atom. The molecule has 1 rings (SSSR count). The number of rotatable bonds is 2. The van der Waals surface area contributed by atoms with Crippen molar-refractivity contribution in [3.8, 4) is 0 Å². The maximum absolute atomic E-state index is 12.9. The maximum atomic E-state index is 12.9. The van der Waals surface area contributed by atoms with Gasteiger partial charge in [-0.2, -0.15) is 0 Å². The first-order valence-corrected chi connectivity index (χ1v) is 3.75. The van der Waals surface area contributed by atoms with Crippen molar-refractivity contribution in [1.82, 2.24) is 4.98 Å². The molecule has 0 aliphatic rings. The van der Waals surface area contributed by atoms with E-state index in [4.69, 9.17) is 17.3 Å². The molecule has 3 nitrogen and oxygen atoms in total. The fourth-order valence-electron chi connectivity index (χ4n) is 0.788. The molecular formula is C7H4ClF3N2O. The molecule has 0 spiro atoms. The Bertz CT molecular complexity index is 383. The van der Waals surface area contributed by atoms with E-state index in [1.54, 1.807) is 0 Å². The van der Waals surface area contributed by atoms with Gasteiger partial charge in [0, 0.05) is 0 Å². The highest BCUT2D eigenvalue weighted by atomic mass is 35.5. The number of pyridine rings is 1. The minimum atomic E-state index is -3.15. The lowest BCUT2D eigenvalue weighted by Crippen LogP contribution is -2.15. The Balaban J connectivity index is 3.35. The van der Waals surface area contributed by atoms with Crippen molar-refractivity contribution in [3.63, 3.8) is 0 Å². The number of primary amides is 1. The molecule has 0 saturated carbocycles. The second kappa shape index (κ2) is 3.83. The molecule has 76 valence electrons. The van der Waals surface area contributed by atoms with Crippen molar-refractivity contribution in [2.45, 2.75) is 6.43 Å². The van der Waals surface area contributed by atoms with Gasteiger partial charge in [0.05, 0.1) is 5.02 Å². The molecule has 1 aromatic rings. The van der Waals surface area contributed by atoms with E-state index in [-0.39, 0.29) is 0 Å². The Hall–Kier alpha value is -1.30. The van der Waals surface area contributed by atoms with Crippen LogP contribution in [0.4, 0.5) is 13.2 Å². The highest BCUT2D eigenvalue weighted by Gasteiger charge is 2.20. The molecule has 1 aromatic heterocycles. The van der Waals surface area contributed by atoms with Crippen LogP contribution in [-0.2, 0) is 0 Å². The van der Waals surface area contributed by atoms with Crippen LogP contribution >= 0.6 is 11.6 Å². The van der Waals surface area contributed by atoms with Crippen LogP contribution in [0.3, 0.4) is 0 Å². The lowest BCUT2D eigenvalue weighted by Gasteiger charge is -2.04. The van der Waals surface area contributed by atoms with Gasteiger partial charge in [-0.1, -0.05) is 11.6 Å². The standard InChI is InChI=1S/C7H4ClF3N2O/c8-2-1-3(7(12)14)13-5(4(2)9)6(10)11/h1,6H,(H2,12,14). The smallest absolute Gasteiger partial charge is 0.283 e. The van der Waals surface area contributed by atoms with Gasteiger partial charge in [-0.05, 0) is 6.07 Å². The van der Waals surface area contributed by atoms with Crippen LogP contribution in [0.15, 0.2) is 6.07 Å². The summed E-state index contributed by atoms with van der Waals surface area (Å²) in [5.74, 6) is -2.39. The van der Waals surface area contributed by atoms with E-state index in [2.05, 4.69) is 4.98 Å². The molecule has 0 atom stereocenters. The first-order chi connectivity index (χ1) is 6.43. The predicted octanol–water partition coefficient (Wildman–Crippen LogP) is 1.91. The van der Waals surface area contributed by atoms with Crippen LogP contribution in [-0.4, -0.2) is 10.9 Å². The van der Waals surface area contributed by atoms with E-state index in [9.17, 15) is 18.0 Å². The van der Waals surface area contributed by atoms with Crippen LogP contribution in [0, 0.1) is 5.82 Å². The zero-order chi connectivity index (χ0) is 10.9. The van der Waals surface area contributed by atoms with E-state index in [0.29, 0.717) is 0 Å². The summed E-state index contributed by atoms with van der Waals surface area (Å²) in [5.41, 5.74) is 3.11. The molecule has 0 saturated heterocycles. The zero-order valence-corrected chi connectivity index (χ0v) is 7.36. The summed E-state index contributed by atoms with van der Waals surface area (Å²) >= 11 is 5.25. The fourth-order valence-corrected chi connectivity index (χ4v) is 0.988. The molecule has 2 N–H and O–H groups in total. The molecule has 7 heteroatoms. The number of halogens is 4. The molecule has 0 aliphatic carbocycles. The number of carbonyl (C=O) groups is 1. The number of alkyl halides is 2. The van der Waals surface area contributed by atoms with Gasteiger partial charge in [-0.25, -0.2) is 18.2 Å². The SMILES string of the molecule is NC(=O)c1cc(Cl)c(F)c(C(F)F)n1. The van der Waals surface area contributed by atoms with Crippen LogP contribution in [0.5, 0.6) is 0 Å². The van der Waals surface area contributed by atoms with Crippen LogP contribution < -0.4 is 5.73 Å². The van der Waals surface area contributed by atoms with Gasteiger partial charge in [0.15, 0.2) is 5.82 Å². The molecule has 1 heterocycles. The van der Waals surface area contributed by atoms with Crippen molar-refractivity contribution in [2.75, 3.05) is 0 Å². The Labute approximate surface area is 81.7 Å². The van der Waals surface area contributed by atoms with Crippen molar-refractivity contribution in [3.05, 3.63) is 28.3 Å². The van der Waals surface area contributed by atoms with Gasteiger partial charge in [0.2, 0.25) is 0 Å². The van der Waals surface area contributed by atoms with Crippen LogP contribution in [0.25, 0.3) is 0 Å². The van der Waals surface area contributed by atoms with Crippen molar-refractivity contribution in [2.24, 2.45) is 5.73 Å². The van der Waals surface area contributed by atoms with Crippen LogP contribution in [0.1, 0.15) is 22.6 Å². The lowest BCUT2D eigenvalue weighted by molar-refractivity contribution is 0.0992. The topological polar surface area (TPSA) is 56.0 Å². The summed E-state index contributed by atoms with van der Waals surface area (Å²) in [5, 5.41) is -0.607. The average molecular weight is 225 g/mol. The van der Waals surface area contributed by atoms with Crippen molar-refractivity contribution < 1.29 is 18.0 Å². The Morgan fingerprint density at radius 3 is 2.57 bits per heavy atom. The number of hydrogen-bond acceptors (Lipinski definition) is 2. The third kappa shape index (κ3) is 1.95. The van der Waals surface area contributed by atoms with Gasteiger partial charge >= 0.3 is 0 Å². The third-order valence-corrected chi connectivity index (χ3v) is 1.67. The first-order valence-electron chi connectivity index (χ1n) is 3.37. The van der Waals surface area contributed by atoms with E-state index < -0.39 is 34.6 Å². The van der Waals surface area contributed by atoms with Gasteiger partial charge in [-0.3, -0.25) is 4.79 Å². The normalized spacial score (nSPS) is 10.6. The highest BCUT2D eigenvalue weighted by molar-refractivity contribution is 6.31. The highest BCUT2D eigenvalue weighted by Crippen LogP contribution is 2.25. The monoisotopic (exact) mass is 224 g/mol. The third-order valence-electron chi connectivity index (χ3n) is 1.40. The van der Waals surface area contributed by atoms with Gasteiger partial charge < -0.3 is 5.73 Å². The molecular weight excluding hydrogens is 221 g/mol. The summed E-state index contributed by atoms with van der Waals surface area (Å²) in [4.78, 5) is 13.6. The second-order valence-electron chi connectivity index (χ2n) is 2.35. The molecule has 0 bridgehead atoms. The zero-order valence-electron chi connectivity index (χ0n) is 6.60. The summed E-state index contributed by atoms with van der Waals surface area (Å²) in [6, 6.07) is 0.797. The summed E-state index contributed by atoms with van der Waals surface area (Å²) in [7, 11) is 0. The molecule has 0 unspecified atom stereocenters. The number of nitrogens with two attached hydrogens (primary N) is 1. The number of carbonyl (C=O) groups excluding carboxylic acids is 1. The quantitative estimate of drug-likeness (QED) is 0.834. The summed E-state index contributed by atoms with van der Waals surface area (Å²) in [6.45, 7) is 0. The predicted molar refractivity (Wildman–Crippen MR) is 42.7 cm³/mol. The van der Waals surface area contributed by atoms with Crippen LogP contribution in [0.2, 0.25) is 5.02 Å². The molecule has 0 fully saturated rings. The summed E-state index contributed by atoms with van der Waals surface area (Å²) in [6.07, 6.45) is -3.15. The van der Waals surface area contributed by atoms with Crippen molar-refractivity contribution in [1.29, 1.82) is 0 Å². The fraction of sp³-hybridized carbons (Fsp3) is 0.143. The number of nitrogens with zero attached hydrogens (tertiary/aromatic N) is 1. The second-order valence-corrected chi connectivity index (χ2v) is 2.76. The molecule has 0 aromatic carbocycles. The minimum absolute atomic E-state index is 0.494. The minimum Gasteiger partial charge on any atom is -0.364 e. The van der Waals surface area contributed by atoms with Gasteiger partial charge in [0.25, 0.3) is 12.3 Å². The molecule has 0 radical (unpaired) electrons. The lowest BCUT2D eigenvalue weighted by atomic mass is 10.3. The Kier molecular flexibility index (Phi) is 2.95. The Morgan fingerprint density at radius 1 is 1.57 bits per heavy atom. The van der Waals surface area contributed by atoms with Gasteiger partial charge in [-0.15, -0.1) is 0 Å². The average Bonchev–Trinajstić information content (AvgIpc) is 2.08. The van der Waals surface area contributed by atoms with Gasteiger partial charge in [0.1, 0.15) is 11.4 Å². The van der Waals surface area contributed by atoms with Crippen molar-refractivity contribution >= 4 is 17.5 Å². The molecule has 14 heavy (non-hydrogen) atoms. The molecule has 1 amide bonds. The van der Waals surface area contributed by atoms with E-state index >= 15 is 0 Å². The summed E-state index contributed by atoms with van der Waals surface area (Å²) < 4.78 is 37.1. The maximum Gasteiger partial charge on any atom is 0.283 e.